The number of nitriles is 1. The van der Waals surface area contributed by atoms with Crippen LogP contribution in [-0.4, -0.2) is 54.0 Å². The van der Waals surface area contributed by atoms with Crippen molar-refractivity contribution in [1.82, 2.24) is 4.90 Å². The van der Waals surface area contributed by atoms with Crippen LogP contribution < -0.4 is 9.80 Å². The van der Waals surface area contributed by atoms with Crippen LogP contribution in [0.3, 0.4) is 0 Å². The van der Waals surface area contributed by atoms with Crippen LogP contribution in [0.5, 0.6) is 0 Å². The molecule has 3 amide bonds. The van der Waals surface area contributed by atoms with Crippen LogP contribution in [0.15, 0.2) is 54.6 Å². The van der Waals surface area contributed by atoms with Gasteiger partial charge in [0.2, 0.25) is 11.6 Å². The fourth-order valence-corrected chi connectivity index (χ4v) is 4.69. The first-order chi connectivity index (χ1) is 16.8. The van der Waals surface area contributed by atoms with Crippen molar-refractivity contribution in [2.24, 2.45) is 5.92 Å². The van der Waals surface area contributed by atoms with Crippen molar-refractivity contribution in [2.45, 2.75) is 32.4 Å². The molecule has 0 aromatic heterocycles. The van der Waals surface area contributed by atoms with Gasteiger partial charge in [-0.25, -0.2) is 4.79 Å². The summed E-state index contributed by atoms with van der Waals surface area (Å²) in [6.45, 7) is 3.20. The summed E-state index contributed by atoms with van der Waals surface area (Å²) in [6.07, 6.45) is 0.121. The number of fused-ring (bicyclic) bond motifs is 3. The molecule has 1 atom stereocenters. The highest BCUT2D eigenvalue weighted by atomic mass is 16.5. The predicted octanol–water partition coefficient (Wildman–Crippen LogP) is 2.72. The molecule has 2 aliphatic heterocycles. The average molecular weight is 475 g/mol. The summed E-state index contributed by atoms with van der Waals surface area (Å²) in [5.41, 5.74) is -0.472. The van der Waals surface area contributed by atoms with Crippen LogP contribution in [0.4, 0.5) is 11.4 Å². The molecule has 1 saturated heterocycles. The maximum absolute atomic E-state index is 13.7. The molecule has 0 bridgehead atoms. The van der Waals surface area contributed by atoms with Crippen molar-refractivity contribution in [3.8, 4) is 6.07 Å². The number of hydrogen-bond donors (Lipinski definition) is 0. The summed E-state index contributed by atoms with van der Waals surface area (Å²) in [7, 11) is 0. The van der Waals surface area contributed by atoms with Crippen molar-refractivity contribution < 1.29 is 23.9 Å². The van der Waals surface area contributed by atoms with E-state index in [1.54, 1.807) is 54.6 Å². The first-order valence-corrected chi connectivity index (χ1v) is 11.4. The highest BCUT2D eigenvalue weighted by Crippen LogP contribution is 2.45. The van der Waals surface area contributed by atoms with Gasteiger partial charge in [-0.2, -0.15) is 5.26 Å². The fraction of sp³-hybridized carbons (Fsp3) is 0.346. The quantitative estimate of drug-likeness (QED) is 0.451. The number of rotatable bonds is 7. The Morgan fingerprint density at radius 3 is 2.49 bits per heavy atom. The van der Waals surface area contributed by atoms with E-state index >= 15 is 0 Å². The lowest BCUT2D eigenvalue weighted by Gasteiger charge is -2.48. The summed E-state index contributed by atoms with van der Waals surface area (Å²) in [6, 6.07) is 17.2. The summed E-state index contributed by atoms with van der Waals surface area (Å²) in [5.74, 6) is -2.07. The number of anilines is 2. The van der Waals surface area contributed by atoms with E-state index in [1.165, 1.54) is 14.7 Å². The number of amides is 3. The minimum atomic E-state index is -1.67. The van der Waals surface area contributed by atoms with Gasteiger partial charge in [0.15, 0.2) is 6.61 Å². The van der Waals surface area contributed by atoms with Gasteiger partial charge in [0.25, 0.3) is 11.8 Å². The molecule has 9 heteroatoms. The third-order valence-electron chi connectivity index (χ3n) is 6.17. The second-order valence-corrected chi connectivity index (χ2v) is 8.92. The fourth-order valence-electron chi connectivity index (χ4n) is 4.69. The van der Waals surface area contributed by atoms with E-state index in [1.807, 2.05) is 19.9 Å². The first kappa shape index (κ1) is 24.0. The van der Waals surface area contributed by atoms with Crippen molar-refractivity contribution in [2.75, 3.05) is 29.5 Å². The van der Waals surface area contributed by atoms with E-state index in [0.717, 1.165) is 0 Å². The van der Waals surface area contributed by atoms with Crippen LogP contribution in [-0.2, 0) is 19.1 Å². The minimum absolute atomic E-state index is 0.0114. The SMILES string of the molecule is CC(C)CN1C(=O)c2ccccc2N2C(=O)CCC12C(=O)OCC(=O)N(CC#N)c1ccccc1. The van der Waals surface area contributed by atoms with E-state index in [4.69, 9.17) is 4.74 Å². The van der Waals surface area contributed by atoms with E-state index in [-0.39, 0.29) is 43.7 Å². The van der Waals surface area contributed by atoms with E-state index in [9.17, 15) is 24.4 Å². The Morgan fingerprint density at radius 1 is 1.11 bits per heavy atom. The second-order valence-electron chi connectivity index (χ2n) is 8.92. The van der Waals surface area contributed by atoms with Crippen molar-refractivity contribution in [3.05, 3.63) is 60.2 Å². The normalized spacial score (nSPS) is 18.7. The number of esters is 1. The lowest BCUT2D eigenvalue weighted by Crippen LogP contribution is -2.69. The average Bonchev–Trinajstić information content (AvgIpc) is 3.22. The smallest absolute Gasteiger partial charge is 0.354 e. The van der Waals surface area contributed by atoms with Gasteiger partial charge in [0, 0.05) is 25.1 Å². The predicted molar refractivity (Wildman–Crippen MR) is 127 cm³/mol. The van der Waals surface area contributed by atoms with Gasteiger partial charge >= 0.3 is 5.97 Å². The molecule has 2 aromatic rings. The summed E-state index contributed by atoms with van der Waals surface area (Å²) in [4.78, 5) is 57.1. The van der Waals surface area contributed by atoms with Gasteiger partial charge in [-0.15, -0.1) is 0 Å². The third-order valence-corrected chi connectivity index (χ3v) is 6.17. The molecule has 1 unspecified atom stereocenters. The topological polar surface area (TPSA) is 111 Å². The molecule has 0 N–H and O–H groups in total. The van der Waals surface area contributed by atoms with Gasteiger partial charge < -0.3 is 9.64 Å². The van der Waals surface area contributed by atoms with Crippen LogP contribution in [0.2, 0.25) is 0 Å². The molecule has 9 nitrogen and oxygen atoms in total. The molecule has 2 heterocycles. The number of nitrogens with zero attached hydrogens (tertiary/aromatic N) is 4. The van der Waals surface area contributed by atoms with E-state index in [2.05, 4.69) is 0 Å². The molecule has 180 valence electrons. The Hall–Kier alpha value is -4.19. The summed E-state index contributed by atoms with van der Waals surface area (Å²) in [5, 5.41) is 9.18. The lowest BCUT2D eigenvalue weighted by atomic mass is 9.95. The third kappa shape index (κ3) is 4.12. The highest BCUT2D eigenvalue weighted by molar-refractivity contribution is 6.15. The van der Waals surface area contributed by atoms with Crippen molar-refractivity contribution >= 4 is 35.1 Å². The lowest BCUT2D eigenvalue weighted by molar-refractivity contribution is -0.159. The number of benzene rings is 2. The zero-order valence-corrected chi connectivity index (χ0v) is 19.6. The zero-order valence-electron chi connectivity index (χ0n) is 19.6. The maximum Gasteiger partial charge on any atom is 0.354 e. The van der Waals surface area contributed by atoms with Gasteiger partial charge in [-0.1, -0.05) is 44.2 Å². The Labute approximate surface area is 203 Å². The zero-order chi connectivity index (χ0) is 25.2. The standard InChI is InChI=1S/C26H26N4O5/c1-18(2)16-29-24(33)20-10-6-7-11-21(20)30-22(31)12-13-26(29,30)25(34)35-17-23(32)28(15-14-27)19-8-4-3-5-9-19/h3-11,18H,12-13,15-17H2,1-2H3. The molecule has 35 heavy (non-hydrogen) atoms. The van der Waals surface area contributed by atoms with Gasteiger partial charge in [0.05, 0.1) is 17.3 Å². The Bertz CT molecular complexity index is 1210. The molecule has 1 fully saturated rings. The second kappa shape index (κ2) is 9.58. The maximum atomic E-state index is 13.7. The van der Waals surface area contributed by atoms with Gasteiger partial charge in [-0.3, -0.25) is 24.2 Å². The van der Waals surface area contributed by atoms with E-state index < -0.39 is 24.1 Å². The van der Waals surface area contributed by atoms with E-state index in [0.29, 0.717) is 16.9 Å². The molecule has 2 aliphatic rings. The Balaban J connectivity index is 1.66. The molecular formula is C26H26N4O5. The van der Waals surface area contributed by atoms with Gasteiger partial charge in [-0.05, 0) is 30.2 Å². The van der Waals surface area contributed by atoms with Crippen LogP contribution in [0, 0.1) is 17.2 Å². The number of carbonyl (C=O) groups excluding carboxylic acids is 4. The Morgan fingerprint density at radius 2 is 1.80 bits per heavy atom. The molecule has 2 aromatic carbocycles. The first-order valence-electron chi connectivity index (χ1n) is 11.4. The number of carbonyl (C=O) groups is 4. The van der Waals surface area contributed by atoms with Gasteiger partial charge in [0.1, 0.15) is 6.54 Å². The molecule has 0 spiro atoms. The summed E-state index contributed by atoms with van der Waals surface area (Å²) >= 11 is 0. The van der Waals surface area contributed by atoms with Crippen LogP contribution in [0.1, 0.15) is 37.0 Å². The highest BCUT2D eigenvalue weighted by Gasteiger charge is 2.62. The van der Waals surface area contributed by atoms with Crippen molar-refractivity contribution in [1.29, 1.82) is 5.26 Å². The number of para-hydroxylation sites is 2. The van der Waals surface area contributed by atoms with Crippen LogP contribution >= 0.6 is 0 Å². The molecular weight excluding hydrogens is 448 g/mol. The minimum Gasteiger partial charge on any atom is -0.452 e. The number of ether oxygens (including phenoxy) is 1. The number of hydrogen-bond acceptors (Lipinski definition) is 6. The molecule has 0 aliphatic carbocycles. The molecule has 0 saturated carbocycles. The Kier molecular flexibility index (Phi) is 6.56. The van der Waals surface area contributed by atoms with Crippen molar-refractivity contribution in [3.63, 3.8) is 0 Å². The molecule has 0 radical (unpaired) electrons. The van der Waals surface area contributed by atoms with Crippen LogP contribution in [0.25, 0.3) is 0 Å². The summed E-state index contributed by atoms with van der Waals surface area (Å²) < 4.78 is 5.49. The monoisotopic (exact) mass is 474 g/mol. The largest absolute Gasteiger partial charge is 0.452 e. The molecule has 4 rings (SSSR count).